The van der Waals surface area contributed by atoms with Crippen LogP contribution in [0.3, 0.4) is 0 Å². The second-order valence-electron chi connectivity index (χ2n) is 5.70. The quantitative estimate of drug-likeness (QED) is 0.911. The SMILES string of the molecule is O=C(N[C@H]1COc2ccccc21)N[C@H](c1nccs1)C1CC1. The summed E-state index contributed by atoms with van der Waals surface area (Å²) in [4.78, 5) is 16.7. The highest BCUT2D eigenvalue weighted by Gasteiger charge is 2.35. The van der Waals surface area contributed by atoms with Gasteiger partial charge in [-0.3, -0.25) is 0 Å². The van der Waals surface area contributed by atoms with E-state index in [1.165, 1.54) is 0 Å². The summed E-state index contributed by atoms with van der Waals surface area (Å²) in [7, 11) is 0. The summed E-state index contributed by atoms with van der Waals surface area (Å²) in [5, 5.41) is 9.03. The predicted octanol–water partition coefficient (Wildman–Crippen LogP) is 3.03. The lowest BCUT2D eigenvalue weighted by molar-refractivity contribution is 0.227. The number of carbonyl (C=O) groups is 1. The first kappa shape index (κ1) is 13.6. The number of urea groups is 1. The average molecular weight is 315 g/mol. The smallest absolute Gasteiger partial charge is 0.315 e. The summed E-state index contributed by atoms with van der Waals surface area (Å²) in [5.41, 5.74) is 1.04. The molecule has 1 aromatic carbocycles. The molecule has 1 aliphatic heterocycles. The van der Waals surface area contributed by atoms with Gasteiger partial charge in [-0.15, -0.1) is 11.3 Å². The molecule has 2 aromatic rings. The molecule has 0 spiro atoms. The van der Waals surface area contributed by atoms with Crippen molar-refractivity contribution in [2.45, 2.75) is 24.9 Å². The van der Waals surface area contributed by atoms with Gasteiger partial charge in [0.15, 0.2) is 0 Å². The Morgan fingerprint density at radius 2 is 2.23 bits per heavy atom. The van der Waals surface area contributed by atoms with Crippen molar-refractivity contribution in [3.63, 3.8) is 0 Å². The molecule has 4 rings (SSSR count). The lowest BCUT2D eigenvalue weighted by Gasteiger charge is -2.18. The monoisotopic (exact) mass is 315 g/mol. The Balaban J connectivity index is 1.42. The average Bonchev–Trinajstić information content (AvgIpc) is 3.07. The number of thiazole rings is 1. The molecule has 0 radical (unpaired) electrons. The highest BCUT2D eigenvalue weighted by molar-refractivity contribution is 7.09. The molecule has 22 heavy (non-hydrogen) atoms. The fourth-order valence-electron chi connectivity index (χ4n) is 2.82. The van der Waals surface area contributed by atoms with E-state index in [-0.39, 0.29) is 18.1 Å². The zero-order valence-electron chi connectivity index (χ0n) is 12.0. The van der Waals surface area contributed by atoms with E-state index >= 15 is 0 Å². The standard InChI is InChI=1S/C16H17N3O2S/c20-16(18-12-9-21-13-4-2-1-3-11(12)13)19-14(10-5-6-10)15-17-7-8-22-15/h1-4,7-8,10,12,14H,5-6,9H2,(H2,18,19,20)/t12-,14-/m0/s1. The number of nitrogens with zero attached hydrogens (tertiary/aromatic N) is 1. The van der Waals surface area contributed by atoms with Gasteiger partial charge in [0, 0.05) is 17.1 Å². The van der Waals surface area contributed by atoms with Gasteiger partial charge in [0.1, 0.15) is 17.4 Å². The number of aromatic nitrogens is 1. The van der Waals surface area contributed by atoms with Crippen molar-refractivity contribution in [3.8, 4) is 5.75 Å². The van der Waals surface area contributed by atoms with E-state index in [2.05, 4.69) is 15.6 Å². The largest absolute Gasteiger partial charge is 0.491 e. The second kappa shape index (κ2) is 5.61. The van der Waals surface area contributed by atoms with Crippen molar-refractivity contribution in [2.24, 2.45) is 5.92 Å². The van der Waals surface area contributed by atoms with Crippen molar-refractivity contribution in [1.29, 1.82) is 0 Å². The number of ether oxygens (including phenoxy) is 1. The highest BCUT2D eigenvalue weighted by atomic mass is 32.1. The number of para-hydroxylation sites is 1. The third-order valence-corrected chi connectivity index (χ3v) is 4.96. The van der Waals surface area contributed by atoms with Crippen LogP contribution in [0.1, 0.15) is 35.5 Å². The first-order valence-corrected chi connectivity index (χ1v) is 8.37. The Morgan fingerprint density at radius 1 is 1.36 bits per heavy atom. The van der Waals surface area contributed by atoms with E-state index in [0.29, 0.717) is 12.5 Å². The molecular weight excluding hydrogens is 298 g/mol. The van der Waals surface area contributed by atoms with Crippen LogP contribution in [0.2, 0.25) is 0 Å². The van der Waals surface area contributed by atoms with Crippen molar-refractivity contribution in [3.05, 3.63) is 46.4 Å². The van der Waals surface area contributed by atoms with Crippen LogP contribution >= 0.6 is 11.3 Å². The summed E-state index contributed by atoms with van der Waals surface area (Å²) >= 11 is 1.59. The molecule has 2 N–H and O–H groups in total. The van der Waals surface area contributed by atoms with Crippen molar-refractivity contribution < 1.29 is 9.53 Å². The molecule has 2 atom stereocenters. The van der Waals surface area contributed by atoms with Gasteiger partial charge in [-0.05, 0) is 24.8 Å². The Bertz CT molecular complexity index is 670. The normalized spacial score (nSPS) is 20.8. The molecule has 1 fully saturated rings. The molecule has 1 aliphatic carbocycles. The van der Waals surface area contributed by atoms with E-state index < -0.39 is 0 Å². The number of carbonyl (C=O) groups excluding carboxylic acids is 1. The molecule has 0 unspecified atom stereocenters. The minimum atomic E-state index is -0.155. The van der Waals surface area contributed by atoms with Crippen LogP contribution in [0.25, 0.3) is 0 Å². The van der Waals surface area contributed by atoms with Crippen LogP contribution in [0.4, 0.5) is 4.79 Å². The van der Waals surface area contributed by atoms with Gasteiger partial charge in [0.25, 0.3) is 0 Å². The fourth-order valence-corrected chi connectivity index (χ4v) is 3.60. The van der Waals surface area contributed by atoms with E-state index in [1.807, 2.05) is 29.6 Å². The molecule has 1 saturated carbocycles. The van der Waals surface area contributed by atoms with Gasteiger partial charge in [0.2, 0.25) is 0 Å². The molecule has 2 amide bonds. The first-order chi connectivity index (χ1) is 10.8. The second-order valence-corrected chi connectivity index (χ2v) is 6.63. The summed E-state index contributed by atoms with van der Waals surface area (Å²) in [6.07, 6.45) is 4.09. The molecule has 2 heterocycles. The zero-order chi connectivity index (χ0) is 14.9. The minimum Gasteiger partial charge on any atom is -0.491 e. The van der Waals surface area contributed by atoms with Gasteiger partial charge in [-0.1, -0.05) is 18.2 Å². The maximum absolute atomic E-state index is 12.3. The van der Waals surface area contributed by atoms with E-state index in [0.717, 1.165) is 29.2 Å². The molecule has 0 saturated heterocycles. The number of amides is 2. The lowest BCUT2D eigenvalue weighted by atomic mass is 10.1. The highest BCUT2D eigenvalue weighted by Crippen LogP contribution is 2.41. The third-order valence-electron chi connectivity index (χ3n) is 4.10. The summed E-state index contributed by atoms with van der Waals surface area (Å²) in [5.74, 6) is 1.37. The summed E-state index contributed by atoms with van der Waals surface area (Å²) < 4.78 is 5.60. The van der Waals surface area contributed by atoms with Crippen molar-refractivity contribution in [1.82, 2.24) is 15.6 Å². The zero-order valence-corrected chi connectivity index (χ0v) is 12.8. The maximum Gasteiger partial charge on any atom is 0.315 e. The molecular formula is C16H17N3O2S. The van der Waals surface area contributed by atoms with E-state index in [4.69, 9.17) is 4.74 Å². The number of nitrogens with one attached hydrogen (secondary N) is 2. The van der Waals surface area contributed by atoms with Gasteiger partial charge in [-0.2, -0.15) is 0 Å². The van der Waals surface area contributed by atoms with Crippen LogP contribution < -0.4 is 15.4 Å². The Hall–Kier alpha value is -2.08. The van der Waals surface area contributed by atoms with Gasteiger partial charge in [-0.25, -0.2) is 9.78 Å². The molecule has 6 heteroatoms. The number of hydrogen-bond acceptors (Lipinski definition) is 4. The number of rotatable bonds is 4. The van der Waals surface area contributed by atoms with Gasteiger partial charge < -0.3 is 15.4 Å². The molecule has 114 valence electrons. The molecule has 5 nitrogen and oxygen atoms in total. The van der Waals surface area contributed by atoms with Crippen molar-refractivity contribution in [2.75, 3.05) is 6.61 Å². The summed E-state index contributed by atoms with van der Waals surface area (Å²) in [6.45, 7) is 0.484. The number of hydrogen-bond donors (Lipinski definition) is 2. The number of benzene rings is 1. The molecule has 0 bridgehead atoms. The molecule has 1 aromatic heterocycles. The Labute approximate surface area is 132 Å². The Morgan fingerprint density at radius 3 is 3.00 bits per heavy atom. The molecule has 2 aliphatic rings. The topological polar surface area (TPSA) is 63.2 Å². The van der Waals surface area contributed by atoms with Gasteiger partial charge >= 0.3 is 6.03 Å². The van der Waals surface area contributed by atoms with Crippen LogP contribution in [0, 0.1) is 5.92 Å². The van der Waals surface area contributed by atoms with Crippen molar-refractivity contribution >= 4 is 17.4 Å². The van der Waals surface area contributed by atoms with Crippen LogP contribution in [0.5, 0.6) is 5.75 Å². The van der Waals surface area contributed by atoms with E-state index in [9.17, 15) is 4.79 Å². The fraction of sp³-hybridized carbons (Fsp3) is 0.375. The minimum absolute atomic E-state index is 0.0255. The number of fused-ring (bicyclic) bond motifs is 1. The van der Waals surface area contributed by atoms with Gasteiger partial charge in [0.05, 0.1) is 12.1 Å². The Kier molecular flexibility index (Phi) is 3.46. The first-order valence-electron chi connectivity index (χ1n) is 7.49. The van der Waals surface area contributed by atoms with Crippen LogP contribution in [-0.4, -0.2) is 17.6 Å². The van der Waals surface area contributed by atoms with Crippen LogP contribution in [-0.2, 0) is 0 Å². The maximum atomic E-state index is 12.3. The lowest BCUT2D eigenvalue weighted by Crippen LogP contribution is -2.41. The third kappa shape index (κ3) is 2.66. The van der Waals surface area contributed by atoms with E-state index in [1.54, 1.807) is 17.5 Å². The summed E-state index contributed by atoms with van der Waals surface area (Å²) in [6, 6.07) is 7.60. The predicted molar refractivity (Wildman–Crippen MR) is 83.9 cm³/mol. The van der Waals surface area contributed by atoms with Crippen LogP contribution in [0.15, 0.2) is 35.8 Å².